The topological polar surface area (TPSA) is 89.5 Å². The molecule has 0 radical (unpaired) electrons. The second-order valence-corrected chi connectivity index (χ2v) is 25.3. The zero-order valence-electron chi connectivity index (χ0n) is 49.3. The predicted molar refractivity (Wildman–Crippen MR) is 299 cm³/mol. The lowest BCUT2D eigenvalue weighted by atomic mass is 9.83. The Bertz CT molecular complexity index is 1880. The summed E-state index contributed by atoms with van der Waals surface area (Å²) in [5.74, 6) is 7.40. The van der Waals surface area contributed by atoms with Crippen LogP contribution in [-0.2, 0) is 22.3 Å². The molecule has 2 aromatic carbocycles. The first-order valence-corrected chi connectivity index (χ1v) is 29.2. The molecule has 0 spiro atoms. The molecule has 4 rings (SSSR count). The zero-order chi connectivity index (χ0) is 53.3. The van der Waals surface area contributed by atoms with Crippen LogP contribution in [0.3, 0.4) is 0 Å². The highest BCUT2D eigenvalue weighted by Gasteiger charge is 2.37. The van der Waals surface area contributed by atoms with Crippen molar-refractivity contribution in [3.8, 4) is 23.0 Å². The Hall–Kier alpha value is -3.42. The molecule has 6 atom stereocenters. The van der Waals surface area contributed by atoms with Gasteiger partial charge in [0.25, 0.3) is 0 Å². The van der Waals surface area contributed by atoms with Crippen LogP contribution in [0, 0.1) is 83.0 Å². The number of fused-ring (bicyclic) bond motifs is 2. The summed E-state index contributed by atoms with van der Waals surface area (Å²) in [5, 5.41) is 0. The normalized spacial score (nSPS) is 19.3. The summed E-state index contributed by atoms with van der Waals surface area (Å²) < 4.78 is 36.6. The van der Waals surface area contributed by atoms with Gasteiger partial charge in [-0.2, -0.15) is 0 Å². The number of rotatable bonds is 30. The Morgan fingerprint density at radius 3 is 1.06 bits per heavy atom. The molecule has 410 valence electrons. The van der Waals surface area contributed by atoms with Crippen molar-refractivity contribution in [3.05, 3.63) is 44.5 Å². The van der Waals surface area contributed by atoms with E-state index in [2.05, 4.69) is 83.1 Å². The molecule has 0 fully saturated rings. The van der Waals surface area contributed by atoms with Gasteiger partial charge in [-0.1, -0.05) is 152 Å². The van der Waals surface area contributed by atoms with Crippen molar-refractivity contribution in [2.24, 2.45) is 41.4 Å². The lowest BCUT2D eigenvalue weighted by Crippen LogP contribution is -2.37. The summed E-state index contributed by atoms with van der Waals surface area (Å²) in [4.78, 5) is 26.3. The Morgan fingerprint density at radius 2 is 0.736 bits per heavy atom. The highest BCUT2D eigenvalue weighted by molar-refractivity contribution is 5.69. The second kappa shape index (κ2) is 29.0. The first kappa shape index (κ1) is 61.1. The zero-order valence-corrected chi connectivity index (χ0v) is 49.3. The lowest BCUT2D eigenvalue weighted by molar-refractivity contribution is 0.0483. The van der Waals surface area contributed by atoms with E-state index in [1.54, 1.807) is 0 Å². The first-order chi connectivity index (χ1) is 33.9. The quantitative estimate of drug-likeness (QED) is 0.0565. The minimum atomic E-state index is -0.779. The van der Waals surface area contributed by atoms with Crippen LogP contribution in [0.25, 0.3) is 0 Å². The van der Waals surface area contributed by atoms with Gasteiger partial charge >= 0.3 is 12.3 Å². The van der Waals surface area contributed by atoms with Gasteiger partial charge < -0.3 is 28.4 Å². The molecule has 0 saturated heterocycles. The van der Waals surface area contributed by atoms with Crippen molar-refractivity contribution in [1.29, 1.82) is 0 Å². The van der Waals surface area contributed by atoms with Crippen molar-refractivity contribution in [2.75, 3.05) is 13.2 Å². The molecule has 2 aliphatic heterocycles. The Labute approximate surface area is 440 Å². The van der Waals surface area contributed by atoms with Crippen molar-refractivity contribution in [2.45, 2.75) is 270 Å². The summed E-state index contributed by atoms with van der Waals surface area (Å²) in [5.41, 5.74) is 7.36. The van der Waals surface area contributed by atoms with E-state index in [4.69, 9.17) is 28.4 Å². The summed E-state index contributed by atoms with van der Waals surface area (Å²) >= 11 is 0. The third-order valence-corrected chi connectivity index (χ3v) is 17.0. The van der Waals surface area contributed by atoms with Gasteiger partial charge in [0.2, 0.25) is 0 Å². The van der Waals surface area contributed by atoms with Crippen LogP contribution in [0.4, 0.5) is 9.59 Å². The summed E-state index contributed by atoms with van der Waals surface area (Å²) in [7, 11) is 0. The number of hydrogen-bond donors (Lipinski definition) is 0. The maximum Gasteiger partial charge on any atom is 0.513 e. The molecule has 8 heteroatoms. The average Bonchev–Trinajstić information content (AvgIpc) is 3.31. The largest absolute Gasteiger partial charge is 0.513 e. The van der Waals surface area contributed by atoms with E-state index in [-0.39, 0.29) is 30.3 Å². The maximum atomic E-state index is 13.1. The molecule has 0 aromatic heterocycles. The number of ether oxygens (including phenoxy) is 6. The van der Waals surface area contributed by atoms with E-state index < -0.39 is 12.3 Å². The Kier molecular flexibility index (Phi) is 24.6. The van der Waals surface area contributed by atoms with E-state index in [9.17, 15) is 9.59 Å². The van der Waals surface area contributed by atoms with Crippen molar-refractivity contribution in [3.63, 3.8) is 0 Å². The molecule has 72 heavy (non-hydrogen) atoms. The Balaban J connectivity index is 1.19. The minimum Gasteiger partial charge on any atom is -0.487 e. The van der Waals surface area contributed by atoms with Crippen molar-refractivity contribution >= 4 is 12.3 Å². The van der Waals surface area contributed by atoms with Gasteiger partial charge in [-0.3, -0.25) is 0 Å². The number of carbonyl (C=O) groups is 2. The van der Waals surface area contributed by atoms with E-state index in [1.807, 2.05) is 34.6 Å². The van der Waals surface area contributed by atoms with Crippen LogP contribution in [0.2, 0.25) is 0 Å². The highest BCUT2D eigenvalue weighted by atomic mass is 16.7. The van der Waals surface area contributed by atoms with E-state index >= 15 is 0 Å². The fourth-order valence-corrected chi connectivity index (χ4v) is 11.5. The molecule has 0 saturated carbocycles. The molecular formula is C64H106O8. The van der Waals surface area contributed by atoms with Crippen LogP contribution in [0.1, 0.15) is 249 Å². The van der Waals surface area contributed by atoms with Gasteiger partial charge in [0.15, 0.2) is 0 Å². The standard InChI is InChI=1S/C64H106O8/c1-42(2)24-18-26-44(5)28-20-30-46(7)32-22-36-63(16)38-34-55-53(14)57(49(10)51(12)59(55)71-63)69-61(65)67-40-48(9)41-68-62(66)70-58-50(11)52(13)60-56(54(58)15)35-39-64(17,72-60)37-23-33-47(8)31-21-29-45(6)27-19-25-43(3)4/h42-48H,18-41H2,1-17H3/t44-,45-,46-,47-,63-,64-/m1/s1. The van der Waals surface area contributed by atoms with Crippen LogP contribution in [0.15, 0.2) is 0 Å². The smallest absolute Gasteiger partial charge is 0.487 e. The van der Waals surface area contributed by atoms with Crippen molar-refractivity contribution in [1.82, 2.24) is 0 Å². The minimum absolute atomic E-state index is 0.0226. The highest BCUT2D eigenvalue weighted by Crippen LogP contribution is 2.47. The van der Waals surface area contributed by atoms with Gasteiger partial charge in [0.05, 0.1) is 0 Å². The SMILES string of the molecule is Cc1c(C)c2c(c(C)c1OC(=O)OCC(C)COC(=O)Oc1c(C)c(C)c3c(c1C)CC[C@@](C)(CCC[C@H](C)CCC[C@H](C)CCCC(C)C)O3)CC[C@@](C)(CCC[C@H](C)CCC[C@H](C)CCCC(C)C)O2. The molecule has 2 aromatic rings. The molecule has 0 amide bonds. The van der Waals surface area contributed by atoms with Gasteiger partial charge in [0.1, 0.15) is 47.4 Å². The van der Waals surface area contributed by atoms with E-state index in [0.29, 0.717) is 11.5 Å². The van der Waals surface area contributed by atoms with Crippen LogP contribution >= 0.6 is 0 Å². The van der Waals surface area contributed by atoms with E-state index in [0.717, 1.165) is 143 Å². The summed E-state index contributed by atoms with van der Waals surface area (Å²) in [6.07, 6.45) is 25.0. The lowest BCUT2D eigenvalue weighted by Gasteiger charge is -2.38. The fraction of sp³-hybridized carbons (Fsp3) is 0.781. The third kappa shape index (κ3) is 19.1. The second-order valence-electron chi connectivity index (χ2n) is 25.3. The third-order valence-electron chi connectivity index (χ3n) is 17.0. The molecule has 2 heterocycles. The number of benzene rings is 2. The van der Waals surface area contributed by atoms with Crippen molar-refractivity contribution < 1.29 is 38.0 Å². The molecule has 2 aliphatic rings. The average molecular weight is 1000 g/mol. The molecule has 0 unspecified atom stereocenters. The maximum absolute atomic E-state index is 13.1. The van der Waals surface area contributed by atoms with E-state index in [1.165, 1.54) is 89.9 Å². The van der Waals surface area contributed by atoms with Crippen LogP contribution in [-0.4, -0.2) is 36.7 Å². The predicted octanol–water partition coefficient (Wildman–Crippen LogP) is 18.9. The van der Waals surface area contributed by atoms with Gasteiger partial charge in [-0.05, 0) is 176 Å². The fourth-order valence-electron chi connectivity index (χ4n) is 11.5. The van der Waals surface area contributed by atoms with Gasteiger partial charge in [-0.25, -0.2) is 9.59 Å². The monoisotopic (exact) mass is 1000 g/mol. The first-order valence-electron chi connectivity index (χ1n) is 29.2. The molecule has 0 bridgehead atoms. The molecule has 0 aliphatic carbocycles. The summed E-state index contributed by atoms with van der Waals surface area (Å²) in [6.45, 7) is 37.5. The molecule has 8 nitrogen and oxygen atoms in total. The molecule has 0 N–H and O–H groups in total. The van der Waals surface area contributed by atoms with Gasteiger partial charge in [-0.15, -0.1) is 0 Å². The van der Waals surface area contributed by atoms with Gasteiger partial charge in [0, 0.05) is 17.0 Å². The Morgan fingerprint density at radius 1 is 0.431 bits per heavy atom. The molecular weight excluding hydrogens is 897 g/mol. The van der Waals surface area contributed by atoms with Crippen LogP contribution < -0.4 is 18.9 Å². The number of hydrogen-bond acceptors (Lipinski definition) is 8. The number of carbonyl (C=O) groups excluding carboxylic acids is 2. The summed E-state index contributed by atoms with van der Waals surface area (Å²) in [6, 6.07) is 0. The van der Waals surface area contributed by atoms with Crippen LogP contribution in [0.5, 0.6) is 23.0 Å².